The van der Waals surface area contributed by atoms with Crippen LogP contribution in [0.25, 0.3) is 22.1 Å². The summed E-state index contributed by atoms with van der Waals surface area (Å²) in [5.41, 5.74) is 10.4. The van der Waals surface area contributed by atoms with E-state index in [0.717, 1.165) is 22.8 Å². The molecule has 0 fully saturated rings. The molecular weight excluding hydrogens is 1260 g/mol. The van der Waals surface area contributed by atoms with Crippen molar-refractivity contribution in [3.63, 3.8) is 0 Å². The van der Waals surface area contributed by atoms with Crippen LogP contribution in [0.15, 0.2) is 132 Å². The Hall–Kier alpha value is -8.44. The summed E-state index contributed by atoms with van der Waals surface area (Å²) in [4.78, 5) is 79.0. The Bertz CT molecular complexity index is 3810. The monoisotopic (exact) mass is 1320 g/mol. The van der Waals surface area contributed by atoms with Crippen molar-refractivity contribution >= 4 is 137 Å². The number of aromatic nitrogens is 4. The maximum Gasteiger partial charge on any atom is 1.00 e. The first-order valence-corrected chi connectivity index (χ1v) is 35.6. The number of hydrogen-bond donors (Lipinski definition) is 3. The zero-order chi connectivity index (χ0) is 65.0. The second-order valence-corrected chi connectivity index (χ2v) is 34.4. The number of rotatable bonds is 23. The van der Waals surface area contributed by atoms with Gasteiger partial charge < -0.3 is 50.0 Å². The van der Waals surface area contributed by atoms with E-state index in [1.807, 2.05) is 0 Å². The predicted molar refractivity (Wildman–Crippen MR) is 343 cm³/mol. The van der Waals surface area contributed by atoms with Crippen LogP contribution in [0, 0.1) is 30.3 Å². The molecule has 0 bridgehead atoms. The Morgan fingerprint density at radius 2 is 0.956 bits per heavy atom. The van der Waals surface area contributed by atoms with Crippen LogP contribution in [0.3, 0.4) is 0 Å². The number of carbonyl (C=O) groups excluding carboxylic acids is 3. The molecule has 0 spiro atoms. The second kappa shape index (κ2) is 33.9. The van der Waals surface area contributed by atoms with Gasteiger partial charge >= 0.3 is 18.9 Å². The topological polar surface area (TPSA) is 348 Å². The van der Waals surface area contributed by atoms with E-state index in [4.69, 9.17) is 64.2 Å². The molecule has 0 aliphatic carbocycles. The molecule has 0 unspecified atom stereocenters. The van der Waals surface area contributed by atoms with Gasteiger partial charge in [-0.3, -0.25) is 49.1 Å². The number of carboxylic acids is 1. The molecule has 1 aliphatic rings. The first kappa shape index (κ1) is 72.3. The van der Waals surface area contributed by atoms with Crippen molar-refractivity contribution in [1.82, 2.24) is 19.1 Å². The average molecular weight is 1320 g/mol. The van der Waals surface area contributed by atoms with Crippen molar-refractivity contribution in [2.45, 2.75) is 71.3 Å². The van der Waals surface area contributed by atoms with Crippen LogP contribution < -0.4 is 49.8 Å². The van der Waals surface area contributed by atoms with Gasteiger partial charge in [-0.05, 0) is 109 Å². The quantitative estimate of drug-likeness (QED) is 0.0177. The van der Waals surface area contributed by atoms with Crippen LogP contribution in [0.4, 0.5) is 39.8 Å². The van der Waals surface area contributed by atoms with Crippen molar-refractivity contribution in [2.75, 3.05) is 49.4 Å². The van der Waals surface area contributed by atoms with Gasteiger partial charge in [-0.25, -0.2) is 4.99 Å². The number of ether oxygens (including phenoxy) is 5. The van der Waals surface area contributed by atoms with E-state index in [-0.39, 0.29) is 86.4 Å². The number of nitrogens with two attached hydrogens (primary N) is 1. The number of nitrogens with one attached hydrogen (secondary N) is 2. The maximum absolute atomic E-state index is 12.3. The van der Waals surface area contributed by atoms with Crippen molar-refractivity contribution < 1.29 is 76.8 Å². The van der Waals surface area contributed by atoms with Crippen LogP contribution in [0.1, 0.15) is 5.56 Å². The summed E-state index contributed by atoms with van der Waals surface area (Å²) < 4.78 is 30.7. The van der Waals surface area contributed by atoms with E-state index in [9.17, 15) is 49.8 Å². The van der Waals surface area contributed by atoms with E-state index < -0.39 is 43.5 Å². The van der Waals surface area contributed by atoms with E-state index >= 15 is 0 Å². The molecule has 32 heteroatoms. The van der Waals surface area contributed by atoms with Gasteiger partial charge in [0.15, 0.2) is 19.1 Å². The number of imidazole rings is 2. The van der Waals surface area contributed by atoms with E-state index in [0.29, 0.717) is 80.3 Å². The molecule has 3 heterocycles. The molecular formula is C58H63Cl3LiN11O15Si2. The number of hydrogen-bond acceptors (Lipinski definition) is 19. The molecule has 0 radical (unpaired) electrons. The van der Waals surface area contributed by atoms with Crippen LogP contribution in [-0.4, -0.2) is 107 Å². The van der Waals surface area contributed by atoms with E-state index in [2.05, 4.69) is 64.9 Å². The number of non-ortho nitro benzene ring substituents is 3. The molecule has 9 rings (SSSR count). The van der Waals surface area contributed by atoms with Crippen molar-refractivity contribution in [1.29, 1.82) is 0 Å². The number of carbonyl (C=O) groups is 3. The third kappa shape index (κ3) is 23.8. The van der Waals surface area contributed by atoms with Crippen molar-refractivity contribution in [2.24, 2.45) is 4.99 Å². The van der Waals surface area contributed by atoms with Gasteiger partial charge in [-0.15, -0.1) is 0 Å². The number of carboxylic acid groups (broad SMARTS) is 1. The van der Waals surface area contributed by atoms with Crippen LogP contribution >= 0.6 is 34.8 Å². The minimum atomic E-state index is -1.38. The number of nitro benzene ring substituents is 3. The Morgan fingerprint density at radius 1 is 0.567 bits per heavy atom. The fourth-order valence-electron chi connectivity index (χ4n) is 7.63. The SMILES string of the molecule is C[Si](C)(C)CCOCn1c(OCC(=O)Nc2ccc(Cl)cc2)nc2ccc([N+](=O)[O-])cc21.C[Si](C)(C)CCOCn1c(OCC(=O)[O-])nc2ccc([N+](=O)[O-])cc21.Nc1ccc(Cl)cc1.O=C(COC1=Nc2ccc([N+](=O)[O-])cc2C1)Nc1ccc(Cl)cc1.[Li+]. The standard InChI is InChI=1S/C21H25ClN4O5Si.C16H12ClN3O4.C15H21N3O6Si.C6H6ClN.Li/c1-32(2,3)11-10-30-14-25-19-12-17(26(28)29)8-9-18(19)24-21(25)31-13-20(27)23-16-6-4-15(22)5-7-16;17-11-1-3-12(4-2-11)18-15(21)9-24-16-8-10-7-13(20(22)23)5-6-14(10)19-16;1-25(2,3)7-6-23-10-17-13-8-11(18(21)22)4-5-12(13)16-15(17)24-9-14(19)20;7-5-1-3-6(8)4-2-5;/h4-9,12H,10-11,13-14H2,1-3H3,(H,23,27);1-7H,8-9H2,(H,18,21);4-5,8H,6-7,9-10H2,1-3H3,(H,19,20);1-4H,8H2;/q;;;;+1/p-1. The maximum atomic E-state index is 12.3. The molecule has 26 nitrogen and oxygen atoms in total. The van der Waals surface area contributed by atoms with Gasteiger partial charge in [0.05, 0.1) is 54.9 Å². The van der Waals surface area contributed by atoms with Gasteiger partial charge in [0.1, 0.15) is 20.1 Å². The number of nitrogen functional groups attached to an aromatic ring is 1. The summed E-state index contributed by atoms with van der Waals surface area (Å²) in [6.45, 7) is 13.5. The molecule has 1 aliphatic heterocycles. The number of nitro groups is 3. The fraction of sp³-hybridized carbons (Fsp3) is 0.276. The predicted octanol–water partition coefficient (Wildman–Crippen LogP) is 8.73. The number of nitrogens with zero attached hydrogens (tertiary/aromatic N) is 8. The van der Waals surface area contributed by atoms with Crippen LogP contribution in [0.2, 0.25) is 66.4 Å². The normalized spacial score (nSPS) is 11.4. The number of aliphatic imine (C=N–C) groups is 1. The van der Waals surface area contributed by atoms with E-state index in [1.165, 1.54) is 47.0 Å². The van der Waals surface area contributed by atoms with Gasteiger partial charge in [0.25, 0.3) is 40.9 Å². The average Bonchev–Trinajstić information content (AvgIpc) is 1.67. The van der Waals surface area contributed by atoms with Crippen LogP contribution in [0.5, 0.6) is 12.0 Å². The summed E-state index contributed by atoms with van der Waals surface area (Å²) in [6, 6.07) is 35.5. The number of aliphatic carboxylic acids is 1. The first-order valence-electron chi connectivity index (χ1n) is 27.1. The molecule has 4 N–H and O–H groups in total. The zero-order valence-electron chi connectivity index (χ0n) is 50.1. The number of fused-ring (bicyclic) bond motifs is 3. The molecule has 6 aromatic carbocycles. The molecule has 8 aromatic rings. The summed E-state index contributed by atoms with van der Waals surface area (Å²) in [7, 11) is -2.53. The Balaban J connectivity index is 0.000000232. The third-order valence-corrected chi connectivity index (χ3v) is 16.4. The fourth-order valence-corrected chi connectivity index (χ4v) is 9.52. The summed E-state index contributed by atoms with van der Waals surface area (Å²) in [5.74, 6) is -1.74. The smallest absolute Gasteiger partial charge is 0.546 e. The number of halogens is 3. The Labute approximate surface area is 545 Å². The summed E-state index contributed by atoms with van der Waals surface area (Å²) in [5, 5.41) is 50.8. The Kier molecular flexibility index (Phi) is 27.3. The molecule has 90 heavy (non-hydrogen) atoms. The summed E-state index contributed by atoms with van der Waals surface area (Å²) >= 11 is 17.2. The minimum Gasteiger partial charge on any atom is -0.546 e. The van der Waals surface area contributed by atoms with Gasteiger partial charge in [0.2, 0.25) is 0 Å². The van der Waals surface area contributed by atoms with Gasteiger partial charge in [0, 0.05) is 97.9 Å². The minimum absolute atomic E-state index is 0. The molecule has 2 aromatic heterocycles. The zero-order valence-corrected chi connectivity index (χ0v) is 54.4. The van der Waals surface area contributed by atoms with E-state index in [1.54, 1.807) is 89.5 Å². The van der Waals surface area contributed by atoms with Gasteiger partial charge in [-0.2, -0.15) is 9.97 Å². The van der Waals surface area contributed by atoms with Gasteiger partial charge in [-0.1, -0.05) is 74.1 Å². The number of benzene rings is 6. The second-order valence-electron chi connectivity index (χ2n) is 21.9. The largest absolute Gasteiger partial charge is 1.00 e. The summed E-state index contributed by atoms with van der Waals surface area (Å²) in [6.07, 6.45) is 0.325. The molecule has 2 amide bonds. The van der Waals surface area contributed by atoms with Crippen LogP contribution in [-0.2, 0) is 48.5 Å². The first-order chi connectivity index (χ1) is 42.1. The Morgan fingerprint density at radius 3 is 1.36 bits per heavy atom. The molecule has 0 atom stereocenters. The molecule has 0 saturated carbocycles. The van der Waals surface area contributed by atoms with Crippen molar-refractivity contribution in [3.8, 4) is 12.0 Å². The van der Waals surface area contributed by atoms with Crippen molar-refractivity contribution in [3.05, 3.63) is 178 Å². The third-order valence-electron chi connectivity index (χ3n) is 12.3. The molecule has 470 valence electrons. The number of anilines is 3. The number of amides is 2. The molecule has 0 saturated heterocycles.